The lowest BCUT2D eigenvalue weighted by Crippen LogP contribution is -2.43. The smallest absolute Gasteiger partial charge is 0.360 e. The fourth-order valence-corrected chi connectivity index (χ4v) is 6.35. The van der Waals surface area contributed by atoms with Gasteiger partial charge < -0.3 is 24.2 Å². The number of allylic oxidation sites excluding steroid dienone is 4. The van der Waals surface area contributed by atoms with Crippen molar-refractivity contribution < 1.29 is 29.0 Å². The third-order valence-corrected chi connectivity index (χ3v) is 9.25. The summed E-state index contributed by atoms with van der Waals surface area (Å²) >= 11 is -1.88. The van der Waals surface area contributed by atoms with E-state index in [-0.39, 0.29) is 18.8 Å². The maximum atomic E-state index is 13.1. The summed E-state index contributed by atoms with van der Waals surface area (Å²) in [4.78, 5) is 12.5. The van der Waals surface area contributed by atoms with E-state index in [1.165, 1.54) is 38.5 Å². The first-order valence-electron chi connectivity index (χ1n) is 15.9. The summed E-state index contributed by atoms with van der Waals surface area (Å²) < 4.78 is 25.1. The van der Waals surface area contributed by atoms with Crippen LogP contribution in [-0.2, 0) is 25.4 Å². The first-order valence-corrected chi connectivity index (χ1v) is 17.1. The van der Waals surface area contributed by atoms with E-state index < -0.39 is 28.5 Å². The van der Waals surface area contributed by atoms with Crippen LogP contribution in [0.15, 0.2) is 53.5 Å². The van der Waals surface area contributed by atoms with Crippen molar-refractivity contribution in [3.05, 3.63) is 54.1 Å². The minimum Gasteiger partial charge on any atom is -0.611 e. The molecule has 0 aromatic heterocycles. The Morgan fingerprint density at radius 1 is 1.02 bits per heavy atom. The number of hydrogen-bond donors (Lipinski definition) is 2. The molecule has 0 saturated carbocycles. The third-order valence-electron chi connectivity index (χ3n) is 7.54. The summed E-state index contributed by atoms with van der Waals surface area (Å²) in [6.45, 7) is 4.80. The zero-order valence-electron chi connectivity index (χ0n) is 25.4. The molecule has 0 radical (unpaired) electrons. The van der Waals surface area contributed by atoms with Crippen LogP contribution in [0.4, 0.5) is 0 Å². The van der Waals surface area contributed by atoms with Crippen molar-refractivity contribution in [2.24, 2.45) is 0 Å². The van der Waals surface area contributed by atoms with Crippen LogP contribution < -0.4 is 0 Å². The number of aliphatic hydroxyl groups excluding tert-OH is 1. The van der Waals surface area contributed by atoms with Gasteiger partial charge in [0.15, 0.2) is 11.2 Å². The molecule has 1 fully saturated rings. The van der Waals surface area contributed by atoms with Crippen LogP contribution in [0.5, 0.6) is 0 Å². The number of hydrogen-bond acceptors (Lipinski definition) is 5. The lowest BCUT2D eigenvalue weighted by atomic mass is 10.0. The highest BCUT2D eigenvalue weighted by atomic mass is 32.2. The van der Waals surface area contributed by atoms with Crippen molar-refractivity contribution in [1.29, 1.82) is 0 Å². The Morgan fingerprint density at radius 3 is 2.32 bits per heavy atom. The van der Waals surface area contributed by atoms with E-state index in [1.807, 2.05) is 6.92 Å². The largest absolute Gasteiger partial charge is 0.611 e. The molecule has 0 amide bonds. The first-order chi connectivity index (χ1) is 19.9. The van der Waals surface area contributed by atoms with Crippen LogP contribution >= 0.6 is 0 Å². The monoisotopic (exact) mass is 590 g/mol. The second-order valence-electron chi connectivity index (χ2n) is 11.2. The van der Waals surface area contributed by atoms with Gasteiger partial charge in [-0.1, -0.05) is 87.4 Å². The average molecular weight is 591 g/mol. The molecule has 0 aliphatic carbocycles. The summed E-state index contributed by atoms with van der Waals surface area (Å²) in [6.07, 6.45) is 23.5. The summed E-state index contributed by atoms with van der Waals surface area (Å²) in [7, 11) is 0. The van der Waals surface area contributed by atoms with E-state index in [4.69, 9.17) is 9.47 Å². The average Bonchev–Trinajstić information content (AvgIpc) is 2.95. The highest BCUT2D eigenvalue weighted by molar-refractivity contribution is 7.92. The molecule has 232 valence electrons. The number of aliphatic carboxylic acids is 1. The molecule has 1 aromatic carbocycles. The Balaban J connectivity index is 1.77. The van der Waals surface area contributed by atoms with E-state index >= 15 is 0 Å². The molecular weight excluding hydrogens is 536 g/mol. The topological polar surface area (TPSA) is 99.1 Å². The van der Waals surface area contributed by atoms with Gasteiger partial charge in [-0.15, -0.1) is 0 Å². The number of carbonyl (C=O) groups is 1. The predicted molar refractivity (Wildman–Crippen MR) is 167 cm³/mol. The van der Waals surface area contributed by atoms with Crippen molar-refractivity contribution in [3.63, 3.8) is 0 Å². The minimum atomic E-state index is -1.88. The Morgan fingerprint density at radius 2 is 1.68 bits per heavy atom. The Hall–Kier alpha value is -1.64. The van der Waals surface area contributed by atoms with Gasteiger partial charge in [0.1, 0.15) is 6.10 Å². The van der Waals surface area contributed by atoms with E-state index in [1.54, 1.807) is 24.3 Å². The maximum absolute atomic E-state index is 13.1. The number of benzene rings is 1. The molecule has 0 spiro atoms. The molecule has 1 heterocycles. The van der Waals surface area contributed by atoms with Gasteiger partial charge in [0.25, 0.3) is 0 Å². The van der Waals surface area contributed by atoms with E-state index in [0.717, 1.165) is 56.9 Å². The molecule has 4 unspecified atom stereocenters. The molecular formula is C34H54O6S. The second-order valence-corrected chi connectivity index (χ2v) is 12.8. The summed E-state index contributed by atoms with van der Waals surface area (Å²) in [6, 6.07) is 6.94. The van der Waals surface area contributed by atoms with E-state index in [2.05, 4.69) is 31.2 Å². The SMILES string of the molecule is CCCCC/C=C\C/C=C\CCCCCCCC(CC(O)[C@@H](C(=O)O)[S+]([O-])c1ccc(C)cc1)OC1CCCCO1. The van der Waals surface area contributed by atoms with Crippen LogP contribution in [-0.4, -0.2) is 51.1 Å². The molecule has 6 nitrogen and oxygen atoms in total. The summed E-state index contributed by atoms with van der Waals surface area (Å²) in [5.74, 6) is -1.26. The number of aryl methyl sites for hydroxylation is 1. The molecule has 0 bridgehead atoms. The Labute approximate surface area is 251 Å². The predicted octanol–water partition coefficient (Wildman–Crippen LogP) is 8.03. The number of carboxylic acid groups (broad SMARTS) is 1. The second kappa shape index (κ2) is 22.0. The normalized spacial score (nSPS) is 19.0. The first kappa shape index (κ1) is 35.6. The number of carboxylic acids is 1. The fourth-order valence-electron chi connectivity index (χ4n) is 5.07. The van der Waals surface area contributed by atoms with Crippen molar-refractivity contribution in [3.8, 4) is 0 Å². The molecule has 5 atom stereocenters. The summed E-state index contributed by atoms with van der Waals surface area (Å²) in [5, 5.41) is 19.4. The highest BCUT2D eigenvalue weighted by Gasteiger charge is 2.40. The van der Waals surface area contributed by atoms with Gasteiger partial charge in [-0.2, -0.15) is 0 Å². The zero-order valence-corrected chi connectivity index (χ0v) is 26.2. The van der Waals surface area contributed by atoms with Gasteiger partial charge in [-0.05, 0) is 76.8 Å². The van der Waals surface area contributed by atoms with Crippen molar-refractivity contribution in [2.75, 3.05) is 6.61 Å². The number of aliphatic hydroxyl groups is 1. The Kier molecular flexibility index (Phi) is 19.1. The van der Waals surface area contributed by atoms with Gasteiger partial charge in [-0.3, -0.25) is 0 Å². The molecule has 2 N–H and O–H groups in total. The van der Waals surface area contributed by atoms with Gasteiger partial charge >= 0.3 is 5.97 Å². The fraction of sp³-hybridized carbons (Fsp3) is 0.676. The van der Waals surface area contributed by atoms with Crippen LogP contribution in [0.3, 0.4) is 0 Å². The molecule has 7 heteroatoms. The highest BCUT2D eigenvalue weighted by Crippen LogP contribution is 2.26. The van der Waals surface area contributed by atoms with Crippen LogP contribution in [0.2, 0.25) is 0 Å². The summed E-state index contributed by atoms with van der Waals surface area (Å²) in [5.41, 5.74) is 0.997. The minimum absolute atomic E-state index is 0.117. The maximum Gasteiger partial charge on any atom is 0.360 e. The van der Waals surface area contributed by atoms with Crippen LogP contribution in [0.25, 0.3) is 0 Å². The molecule has 1 saturated heterocycles. The molecule has 41 heavy (non-hydrogen) atoms. The third kappa shape index (κ3) is 15.4. The van der Waals surface area contributed by atoms with E-state index in [0.29, 0.717) is 17.9 Å². The molecule has 1 aliphatic heterocycles. The van der Waals surface area contributed by atoms with Gasteiger partial charge in [0.2, 0.25) is 5.25 Å². The lowest BCUT2D eigenvalue weighted by Gasteiger charge is -2.30. The zero-order chi connectivity index (χ0) is 29.7. The van der Waals surface area contributed by atoms with Crippen molar-refractivity contribution in [2.45, 2.75) is 145 Å². The van der Waals surface area contributed by atoms with Gasteiger partial charge in [0, 0.05) is 24.2 Å². The number of ether oxygens (including phenoxy) is 2. The van der Waals surface area contributed by atoms with E-state index in [9.17, 15) is 19.6 Å². The standard InChI is InChI=1S/C34H54O6S/c1-3-4-5-6-7-8-9-10-11-12-13-14-15-16-17-20-29(40-32-21-18-19-26-39-32)27-31(35)33(34(36)37)41(38)30-24-22-28(2)23-25-30/h7-8,10-11,22-25,29,31-33,35H,3-6,9,12-21,26-27H2,1-2H3,(H,36,37)/b8-7-,11-10-/t29?,31?,32?,33-,41?/m0/s1. The van der Waals surface area contributed by atoms with Gasteiger partial charge in [0.05, 0.1) is 6.10 Å². The molecule has 2 rings (SSSR count). The van der Waals surface area contributed by atoms with Crippen molar-refractivity contribution >= 4 is 17.1 Å². The number of unbranched alkanes of at least 4 members (excludes halogenated alkanes) is 8. The van der Waals surface area contributed by atoms with Crippen LogP contribution in [0.1, 0.15) is 115 Å². The van der Waals surface area contributed by atoms with Crippen LogP contribution in [0, 0.1) is 6.92 Å². The Bertz CT molecular complexity index is 864. The molecule has 1 aliphatic rings. The quantitative estimate of drug-likeness (QED) is 0.0806. The lowest BCUT2D eigenvalue weighted by molar-refractivity contribution is -0.194. The number of rotatable bonds is 22. The van der Waals surface area contributed by atoms with Gasteiger partial charge in [-0.25, -0.2) is 4.79 Å². The van der Waals surface area contributed by atoms with Crippen molar-refractivity contribution in [1.82, 2.24) is 0 Å². The molecule has 1 aromatic rings.